The van der Waals surface area contributed by atoms with E-state index in [1.807, 2.05) is 30.3 Å². The summed E-state index contributed by atoms with van der Waals surface area (Å²) in [6.07, 6.45) is 2.58. The predicted octanol–water partition coefficient (Wildman–Crippen LogP) is 1.29. The van der Waals surface area contributed by atoms with Gasteiger partial charge in [-0.1, -0.05) is 30.3 Å². The van der Waals surface area contributed by atoms with Crippen LogP contribution in [0.25, 0.3) is 0 Å². The van der Waals surface area contributed by atoms with Crippen LogP contribution < -0.4 is 0 Å². The fraction of sp³-hybridized carbons (Fsp3) is 0.286. The maximum absolute atomic E-state index is 11.7. The van der Waals surface area contributed by atoms with Crippen LogP contribution in [-0.4, -0.2) is 42.8 Å². The molecule has 4 nitrogen and oxygen atoms in total. The lowest BCUT2D eigenvalue weighted by molar-refractivity contribution is -0.126. The Morgan fingerprint density at radius 2 is 1.56 bits per heavy atom. The van der Waals surface area contributed by atoms with Crippen LogP contribution in [-0.2, 0) is 16.1 Å². The first kappa shape index (κ1) is 14.0. The molecule has 0 aliphatic carbocycles. The van der Waals surface area contributed by atoms with Gasteiger partial charge in [0.05, 0.1) is 0 Å². The lowest BCUT2D eigenvalue weighted by Crippen LogP contribution is -2.25. The van der Waals surface area contributed by atoms with Gasteiger partial charge in [0.25, 0.3) is 0 Å². The lowest BCUT2D eigenvalue weighted by Gasteiger charge is -2.15. The first-order valence-electron chi connectivity index (χ1n) is 5.69. The highest BCUT2D eigenvalue weighted by Gasteiger charge is 2.06. The van der Waals surface area contributed by atoms with Gasteiger partial charge in [0.1, 0.15) is 0 Å². The fourth-order valence-electron chi connectivity index (χ4n) is 1.35. The van der Waals surface area contributed by atoms with Crippen LogP contribution in [0.15, 0.2) is 42.5 Å². The number of carbonyl (C=O) groups is 2. The van der Waals surface area contributed by atoms with Crippen molar-refractivity contribution in [2.75, 3.05) is 21.1 Å². The second-order valence-corrected chi connectivity index (χ2v) is 4.25. The molecular weight excluding hydrogens is 228 g/mol. The first-order valence-corrected chi connectivity index (χ1v) is 5.69. The Balaban J connectivity index is 2.55. The highest BCUT2D eigenvalue weighted by molar-refractivity contribution is 5.96. The van der Waals surface area contributed by atoms with E-state index in [9.17, 15) is 9.59 Å². The Kier molecular flexibility index (Phi) is 5.11. The zero-order valence-corrected chi connectivity index (χ0v) is 11.0. The molecule has 2 amide bonds. The van der Waals surface area contributed by atoms with Gasteiger partial charge in [-0.2, -0.15) is 0 Å². The summed E-state index contributed by atoms with van der Waals surface area (Å²) in [5.41, 5.74) is 1.06. The first-order chi connectivity index (χ1) is 8.50. The van der Waals surface area contributed by atoms with Crippen LogP contribution in [0.3, 0.4) is 0 Å². The van der Waals surface area contributed by atoms with Gasteiger partial charge in [-0.05, 0) is 5.56 Å². The van der Waals surface area contributed by atoms with Gasteiger partial charge in [-0.3, -0.25) is 9.59 Å². The number of hydrogen-bond acceptors (Lipinski definition) is 2. The molecule has 0 heterocycles. The number of nitrogens with zero attached hydrogens (tertiary/aromatic N) is 2. The van der Waals surface area contributed by atoms with Gasteiger partial charge in [0.15, 0.2) is 0 Å². The standard InChI is InChI=1S/C14H18N2O2/c1-15(2)13(17)9-10-14(18)16(3)11-12-7-5-4-6-8-12/h4-10H,11H2,1-3H3/b10-9+. The van der Waals surface area contributed by atoms with Gasteiger partial charge in [0.2, 0.25) is 11.8 Å². The Morgan fingerprint density at radius 3 is 2.11 bits per heavy atom. The summed E-state index contributed by atoms with van der Waals surface area (Å²) < 4.78 is 0. The van der Waals surface area contributed by atoms with Crippen molar-refractivity contribution >= 4 is 11.8 Å². The molecule has 0 spiro atoms. The molecule has 0 atom stereocenters. The van der Waals surface area contributed by atoms with Crippen LogP contribution in [0.5, 0.6) is 0 Å². The van der Waals surface area contributed by atoms with Crippen LogP contribution in [0.4, 0.5) is 0 Å². The quantitative estimate of drug-likeness (QED) is 0.751. The summed E-state index contributed by atoms with van der Waals surface area (Å²) in [5, 5.41) is 0. The summed E-state index contributed by atoms with van der Waals surface area (Å²) in [7, 11) is 5.00. The topological polar surface area (TPSA) is 40.6 Å². The third kappa shape index (κ3) is 4.41. The van der Waals surface area contributed by atoms with E-state index in [0.717, 1.165) is 5.56 Å². The summed E-state index contributed by atoms with van der Waals surface area (Å²) in [6.45, 7) is 0.528. The Hall–Kier alpha value is -2.10. The van der Waals surface area contributed by atoms with Crippen molar-refractivity contribution in [3.05, 3.63) is 48.0 Å². The SMILES string of the molecule is CN(C)C(=O)/C=C/C(=O)N(C)Cc1ccccc1. The average molecular weight is 246 g/mol. The third-order valence-electron chi connectivity index (χ3n) is 2.45. The number of benzene rings is 1. The third-order valence-corrected chi connectivity index (χ3v) is 2.45. The molecule has 0 radical (unpaired) electrons. The molecular formula is C14H18N2O2. The normalized spacial score (nSPS) is 10.4. The van der Waals surface area contributed by atoms with Gasteiger partial charge in [0, 0.05) is 39.8 Å². The van der Waals surface area contributed by atoms with Crippen molar-refractivity contribution in [3.63, 3.8) is 0 Å². The van der Waals surface area contributed by atoms with E-state index in [4.69, 9.17) is 0 Å². The Labute approximate surface area is 108 Å². The van der Waals surface area contributed by atoms with Crippen molar-refractivity contribution in [1.29, 1.82) is 0 Å². The molecule has 0 saturated carbocycles. The highest BCUT2D eigenvalue weighted by atomic mass is 16.2. The van der Waals surface area contributed by atoms with E-state index in [2.05, 4.69) is 0 Å². The predicted molar refractivity (Wildman–Crippen MR) is 70.8 cm³/mol. The van der Waals surface area contributed by atoms with E-state index >= 15 is 0 Å². The fourth-order valence-corrected chi connectivity index (χ4v) is 1.35. The lowest BCUT2D eigenvalue weighted by atomic mass is 10.2. The molecule has 0 N–H and O–H groups in total. The van der Waals surface area contributed by atoms with E-state index < -0.39 is 0 Å². The number of carbonyl (C=O) groups excluding carboxylic acids is 2. The maximum Gasteiger partial charge on any atom is 0.246 e. The van der Waals surface area contributed by atoms with E-state index in [1.165, 1.54) is 17.1 Å². The van der Waals surface area contributed by atoms with Crippen LogP contribution in [0, 0.1) is 0 Å². The second kappa shape index (κ2) is 6.59. The molecule has 0 saturated heterocycles. The Morgan fingerprint density at radius 1 is 1.00 bits per heavy atom. The van der Waals surface area contributed by atoms with Crippen molar-refractivity contribution < 1.29 is 9.59 Å². The van der Waals surface area contributed by atoms with Gasteiger partial charge < -0.3 is 9.80 Å². The largest absolute Gasteiger partial charge is 0.345 e. The van der Waals surface area contributed by atoms with Crippen molar-refractivity contribution in [2.24, 2.45) is 0 Å². The summed E-state index contributed by atoms with van der Waals surface area (Å²) in [5.74, 6) is -0.384. The number of likely N-dealkylation sites (N-methyl/N-ethyl adjacent to an activating group) is 2. The molecule has 0 bridgehead atoms. The summed E-state index contributed by atoms with van der Waals surface area (Å²) >= 11 is 0. The molecule has 1 aromatic carbocycles. The minimum Gasteiger partial charge on any atom is -0.345 e. The highest BCUT2D eigenvalue weighted by Crippen LogP contribution is 2.03. The van der Waals surface area contributed by atoms with Crippen LogP contribution >= 0.6 is 0 Å². The number of rotatable bonds is 4. The maximum atomic E-state index is 11.7. The molecule has 0 fully saturated rings. The number of hydrogen-bond donors (Lipinski definition) is 0. The molecule has 0 aromatic heterocycles. The average Bonchev–Trinajstić information content (AvgIpc) is 2.36. The van der Waals surface area contributed by atoms with E-state index in [0.29, 0.717) is 6.54 Å². The summed E-state index contributed by atoms with van der Waals surface area (Å²) in [6, 6.07) is 9.70. The van der Waals surface area contributed by atoms with Gasteiger partial charge >= 0.3 is 0 Å². The molecule has 0 unspecified atom stereocenters. The molecule has 96 valence electrons. The van der Waals surface area contributed by atoms with Crippen molar-refractivity contribution in [1.82, 2.24) is 9.80 Å². The molecule has 18 heavy (non-hydrogen) atoms. The zero-order chi connectivity index (χ0) is 13.5. The van der Waals surface area contributed by atoms with Crippen molar-refractivity contribution in [2.45, 2.75) is 6.54 Å². The molecule has 0 aliphatic rings. The minimum absolute atomic E-state index is 0.186. The van der Waals surface area contributed by atoms with Crippen LogP contribution in [0.1, 0.15) is 5.56 Å². The molecule has 1 rings (SSSR count). The minimum atomic E-state index is -0.198. The van der Waals surface area contributed by atoms with Gasteiger partial charge in [-0.15, -0.1) is 0 Å². The van der Waals surface area contributed by atoms with E-state index in [-0.39, 0.29) is 11.8 Å². The van der Waals surface area contributed by atoms with Crippen molar-refractivity contribution in [3.8, 4) is 0 Å². The zero-order valence-electron chi connectivity index (χ0n) is 11.0. The Bertz CT molecular complexity index is 438. The molecule has 0 aliphatic heterocycles. The molecule has 1 aromatic rings. The monoisotopic (exact) mass is 246 g/mol. The van der Waals surface area contributed by atoms with Gasteiger partial charge in [-0.25, -0.2) is 0 Å². The van der Waals surface area contributed by atoms with E-state index in [1.54, 1.807) is 26.0 Å². The van der Waals surface area contributed by atoms with Crippen LogP contribution in [0.2, 0.25) is 0 Å². The molecule has 4 heteroatoms. The second-order valence-electron chi connectivity index (χ2n) is 4.25. The number of amides is 2. The summed E-state index contributed by atoms with van der Waals surface area (Å²) in [4.78, 5) is 26.0. The smallest absolute Gasteiger partial charge is 0.246 e.